The molecule has 0 fully saturated rings. The van der Waals surface area contributed by atoms with Crippen molar-refractivity contribution in [2.45, 2.75) is 20.8 Å². The number of ether oxygens (including phenoxy) is 2. The number of hydrogen-bond donors (Lipinski definition) is 0. The van der Waals surface area contributed by atoms with E-state index in [1.165, 1.54) is 0 Å². The summed E-state index contributed by atoms with van der Waals surface area (Å²) in [5.41, 5.74) is 1.66. The van der Waals surface area contributed by atoms with Crippen molar-refractivity contribution in [2.24, 2.45) is 0 Å². The summed E-state index contributed by atoms with van der Waals surface area (Å²) >= 11 is 3.42. The Morgan fingerprint density at radius 1 is 1.14 bits per heavy atom. The summed E-state index contributed by atoms with van der Waals surface area (Å²) in [5, 5.41) is 0. The van der Waals surface area contributed by atoms with E-state index in [0.717, 1.165) is 28.8 Å². The third-order valence-electron chi connectivity index (χ3n) is 3.10. The number of carbonyl (C=O) groups is 1. The average molecular weight is 358 g/mol. The van der Waals surface area contributed by atoms with E-state index in [1.807, 2.05) is 32.0 Å². The standard InChI is InChI=1S/C16H24BrNO3/c1-4-20-10-8-18(9-11-21-5-2)16-7-6-14(17)12-15(16)13(3)19/h6-7,12H,4-5,8-11H2,1-3H3. The van der Waals surface area contributed by atoms with Crippen LogP contribution in [0.4, 0.5) is 5.69 Å². The Morgan fingerprint density at radius 2 is 1.71 bits per heavy atom. The minimum absolute atomic E-state index is 0.0594. The second-order valence-corrected chi connectivity index (χ2v) is 5.51. The molecule has 0 aliphatic heterocycles. The van der Waals surface area contributed by atoms with Gasteiger partial charge in [-0.3, -0.25) is 4.79 Å². The Hall–Kier alpha value is -0.910. The first-order valence-corrected chi connectivity index (χ1v) is 8.10. The van der Waals surface area contributed by atoms with E-state index >= 15 is 0 Å². The molecule has 0 heterocycles. The molecule has 5 heteroatoms. The van der Waals surface area contributed by atoms with Crippen molar-refractivity contribution in [3.8, 4) is 0 Å². The van der Waals surface area contributed by atoms with Gasteiger partial charge in [0.15, 0.2) is 5.78 Å². The number of carbonyl (C=O) groups excluding carboxylic acids is 1. The van der Waals surface area contributed by atoms with Crippen LogP contribution < -0.4 is 4.90 Å². The molecule has 1 aromatic carbocycles. The molecule has 0 saturated heterocycles. The van der Waals surface area contributed by atoms with Gasteiger partial charge in [-0.1, -0.05) is 15.9 Å². The summed E-state index contributed by atoms with van der Waals surface area (Å²) in [4.78, 5) is 14.0. The topological polar surface area (TPSA) is 38.8 Å². The molecule has 0 aromatic heterocycles. The van der Waals surface area contributed by atoms with Crippen LogP contribution in [-0.4, -0.2) is 45.3 Å². The van der Waals surface area contributed by atoms with Crippen LogP contribution in [-0.2, 0) is 9.47 Å². The van der Waals surface area contributed by atoms with Gasteiger partial charge in [0.25, 0.3) is 0 Å². The van der Waals surface area contributed by atoms with Crippen LogP contribution in [0.1, 0.15) is 31.1 Å². The maximum Gasteiger partial charge on any atom is 0.161 e. The van der Waals surface area contributed by atoms with Gasteiger partial charge in [-0.15, -0.1) is 0 Å². The lowest BCUT2D eigenvalue weighted by atomic mass is 10.1. The second-order valence-electron chi connectivity index (χ2n) is 4.60. The van der Waals surface area contributed by atoms with Crippen molar-refractivity contribution < 1.29 is 14.3 Å². The summed E-state index contributed by atoms with van der Waals surface area (Å²) in [6.07, 6.45) is 0. The van der Waals surface area contributed by atoms with E-state index in [1.54, 1.807) is 6.92 Å². The molecule has 0 radical (unpaired) electrons. The van der Waals surface area contributed by atoms with Gasteiger partial charge in [-0.05, 0) is 39.0 Å². The van der Waals surface area contributed by atoms with Crippen LogP contribution in [0.3, 0.4) is 0 Å². The van der Waals surface area contributed by atoms with Crippen LogP contribution in [0.25, 0.3) is 0 Å². The highest BCUT2D eigenvalue weighted by Gasteiger charge is 2.14. The minimum atomic E-state index is 0.0594. The molecule has 118 valence electrons. The van der Waals surface area contributed by atoms with E-state index in [-0.39, 0.29) is 5.78 Å². The van der Waals surface area contributed by atoms with E-state index < -0.39 is 0 Å². The van der Waals surface area contributed by atoms with Crippen molar-refractivity contribution in [3.63, 3.8) is 0 Å². The summed E-state index contributed by atoms with van der Waals surface area (Å²) in [6.45, 7) is 9.68. The first kappa shape index (κ1) is 18.1. The molecule has 0 amide bonds. The lowest BCUT2D eigenvalue weighted by Gasteiger charge is -2.26. The van der Waals surface area contributed by atoms with Crippen LogP contribution in [0.2, 0.25) is 0 Å². The van der Waals surface area contributed by atoms with Gasteiger partial charge in [0.2, 0.25) is 0 Å². The highest BCUT2D eigenvalue weighted by atomic mass is 79.9. The maximum absolute atomic E-state index is 11.9. The van der Waals surface area contributed by atoms with E-state index in [2.05, 4.69) is 20.8 Å². The van der Waals surface area contributed by atoms with Gasteiger partial charge < -0.3 is 14.4 Å². The molecule has 1 rings (SSSR count). The van der Waals surface area contributed by atoms with Gasteiger partial charge in [-0.2, -0.15) is 0 Å². The summed E-state index contributed by atoms with van der Waals surface area (Å²) in [6, 6.07) is 5.79. The Morgan fingerprint density at radius 3 is 2.19 bits per heavy atom. The predicted molar refractivity (Wildman–Crippen MR) is 89.3 cm³/mol. The molecule has 1 aromatic rings. The monoisotopic (exact) mass is 357 g/mol. The zero-order valence-electron chi connectivity index (χ0n) is 13.0. The molecular weight excluding hydrogens is 334 g/mol. The summed E-state index contributed by atoms with van der Waals surface area (Å²) in [5.74, 6) is 0.0594. The highest BCUT2D eigenvalue weighted by molar-refractivity contribution is 9.10. The first-order chi connectivity index (χ1) is 10.1. The molecule has 21 heavy (non-hydrogen) atoms. The largest absolute Gasteiger partial charge is 0.380 e. The van der Waals surface area contributed by atoms with Crippen LogP contribution in [0.5, 0.6) is 0 Å². The van der Waals surface area contributed by atoms with Gasteiger partial charge >= 0.3 is 0 Å². The normalized spacial score (nSPS) is 10.7. The maximum atomic E-state index is 11.9. The number of nitrogens with zero attached hydrogens (tertiary/aromatic N) is 1. The summed E-state index contributed by atoms with van der Waals surface area (Å²) < 4.78 is 11.8. The molecule has 0 spiro atoms. The van der Waals surface area contributed by atoms with Crippen LogP contribution in [0.15, 0.2) is 22.7 Å². The number of halogens is 1. The van der Waals surface area contributed by atoms with Crippen molar-refractivity contribution in [1.82, 2.24) is 0 Å². The highest BCUT2D eigenvalue weighted by Crippen LogP contribution is 2.25. The van der Waals surface area contributed by atoms with E-state index in [9.17, 15) is 4.79 Å². The Bertz CT molecular complexity index is 441. The Labute approximate surface area is 135 Å². The van der Waals surface area contributed by atoms with Crippen molar-refractivity contribution >= 4 is 27.4 Å². The second kappa shape index (κ2) is 9.92. The smallest absolute Gasteiger partial charge is 0.161 e. The van der Waals surface area contributed by atoms with Gasteiger partial charge in [-0.25, -0.2) is 0 Å². The number of Topliss-reactive ketones (excluding diaryl/α,β-unsaturated/α-hetero) is 1. The minimum Gasteiger partial charge on any atom is -0.380 e. The average Bonchev–Trinajstić information content (AvgIpc) is 2.46. The fraction of sp³-hybridized carbons (Fsp3) is 0.562. The third-order valence-corrected chi connectivity index (χ3v) is 3.59. The molecule has 0 N–H and O–H groups in total. The van der Waals surface area contributed by atoms with Gasteiger partial charge in [0.05, 0.1) is 13.2 Å². The van der Waals surface area contributed by atoms with E-state index in [4.69, 9.17) is 9.47 Å². The Kier molecular flexibility index (Phi) is 8.57. The van der Waals surface area contributed by atoms with Crippen LogP contribution in [0, 0.1) is 0 Å². The fourth-order valence-electron chi connectivity index (χ4n) is 2.06. The number of ketones is 1. The molecule has 0 aliphatic carbocycles. The van der Waals surface area contributed by atoms with Gasteiger partial charge in [0, 0.05) is 42.0 Å². The molecule has 4 nitrogen and oxygen atoms in total. The van der Waals surface area contributed by atoms with Crippen LogP contribution >= 0.6 is 15.9 Å². The van der Waals surface area contributed by atoms with Crippen molar-refractivity contribution in [2.75, 3.05) is 44.4 Å². The fourth-order valence-corrected chi connectivity index (χ4v) is 2.42. The quantitative estimate of drug-likeness (QED) is 0.474. The predicted octanol–water partition coefficient (Wildman–Crippen LogP) is 3.53. The third kappa shape index (κ3) is 6.16. The van der Waals surface area contributed by atoms with Gasteiger partial charge in [0.1, 0.15) is 0 Å². The number of hydrogen-bond acceptors (Lipinski definition) is 4. The number of anilines is 1. The molecule has 0 atom stereocenters. The zero-order chi connectivity index (χ0) is 15.7. The molecular formula is C16H24BrNO3. The number of rotatable bonds is 10. The molecule has 0 aliphatic rings. The molecule has 0 unspecified atom stereocenters. The van der Waals surface area contributed by atoms with Crippen molar-refractivity contribution in [3.05, 3.63) is 28.2 Å². The zero-order valence-corrected chi connectivity index (χ0v) is 14.6. The van der Waals surface area contributed by atoms with E-state index in [0.29, 0.717) is 26.4 Å². The SMILES string of the molecule is CCOCCN(CCOCC)c1ccc(Br)cc1C(C)=O. The molecule has 0 saturated carbocycles. The first-order valence-electron chi connectivity index (χ1n) is 7.31. The lowest BCUT2D eigenvalue weighted by molar-refractivity contribution is 0.101. The lowest BCUT2D eigenvalue weighted by Crippen LogP contribution is -2.32. The molecule has 0 bridgehead atoms. The van der Waals surface area contributed by atoms with Crippen molar-refractivity contribution in [1.29, 1.82) is 0 Å². The Balaban J connectivity index is 2.91. The number of benzene rings is 1. The summed E-state index contributed by atoms with van der Waals surface area (Å²) in [7, 11) is 0.